The lowest BCUT2D eigenvalue weighted by molar-refractivity contribution is -0.145. The summed E-state index contributed by atoms with van der Waals surface area (Å²) in [5.41, 5.74) is -0.598. The number of benzene rings is 3. The Morgan fingerprint density at radius 1 is 1.11 bits per heavy atom. The predicted molar refractivity (Wildman–Crippen MR) is 133 cm³/mol. The maximum absolute atomic E-state index is 13.3. The van der Waals surface area contributed by atoms with Gasteiger partial charge in [-0.1, -0.05) is 35.9 Å². The lowest BCUT2D eigenvalue weighted by atomic mass is 10.1. The molecule has 0 fully saturated rings. The van der Waals surface area contributed by atoms with Crippen molar-refractivity contribution in [3.05, 3.63) is 93.2 Å². The number of rotatable bonds is 7. The van der Waals surface area contributed by atoms with Crippen molar-refractivity contribution >= 4 is 34.7 Å². The van der Waals surface area contributed by atoms with Crippen LogP contribution in [0.5, 0.6) is 5.75 Å². The number of nitrogens with zero attached hydrogens (tertiary/aromatic N) is 3. The van der Waals surface area contributed by atoms with Crippen LogP contribution < -0.4 is 10.3 Å². The average molecular weight is 530 g/mol. The SMILES string of the molecule is CCOC(=O)COc1ccc(C=Nn2c(-c3cccc(C(F)(F)F)c3)nc3ccccc3c2=O)cc1Cl. The molecule has 0 saturated carbocycles. The van der Waals surface area contributed by atoms with Crippen LogP contribution in [0.25, 0.3) is 22.3 Å². The van der Waals surface area contributed by atoms with Crippen molar-refractivity contribution in [3.8, 4) is 17.1 Å². The van der Waals surface area contributed by atoms with Crippen LogP contribution in [-0.2, 0) is 15.7 Å². The van der Waals surface area contributed by atoms with Crippen molar-refractivity contribution in [1.82, 2.24) is 9.66 Å². The Morgan fingerprint density at radius 3 is 2.62 bits per heavy atom. The van der Waals surface area contributed by atoms with Gasteiger partial charge in [-0.15, -0.1) is 0 Å². The number of hydrogen-bond acceptors (Lipinski definition) is 6. The van der Waals surface area contributed by atoms with Crippen molar-refractivity contribution in [3.63, 3.8) is 0 Å². The fraction of sp³-hybridized carbons (Fsp3) is 0.154. The molecule has 1 aromatic heterocycles. The van der Waals surface area contributed by atoms with E-state index < -0.39 is 23.3 Å². The van der Waals surface area contributed by atoms with Gasteiger partial charge in [0.05, 0.1) is 34.3 Å². The molecule has 190 valence electrons. The minimum Gasteiger partial charge on any atom is -0.480 e. The van der Waals surface area contributed by atoms with Gasteiger partial charge in [0, 0.05) is 5.56 Å². The van der Waals surface area contributed by atoms with Crippen LogP contribution >= 0.6 is 11.6 Å². The number of ether oxygens (including phenoxy) is 2. The molecule has 3 aromatic carbocycles. The maximum Gasteiger partial charge on any atom is 0.416 e. The number of alkyl halides is 3. The fourth-order valence-electron chi connectivity index (χ4n) is 3.43. The highest BCUT2D eigenvalue weighted by atomic mass is 35.5. The van der Waals surface area contributed by atoms with Crippen LogP contribution in [0.4, 0.5) is 13.2 Å². The van der Waals surface area contributed by atoms with Crippen LogP contribution in [0.15, 0.2) is 76.6 Å². The molecule has 0 aliphatic carbocycles. The summed E-state index contributed by atoms with van der Waals surface area (Å²) >= 11 is 6.24. The molecule has 0 aliphatic rings. The van der Waals surface area contributed by atoms with Gasteiger partial charge in [-0.2, -0.15) is 22.9 Å². The van der Waals surface area contributed by atoms with E-state index in [4.69, 9.17) is 21.1 Å². The number of para-hydroxylation sites is 1. The van der Waals surface area contributed by atoms with E-state index in [1.54, 1.807) is 37.3 Å². The Bertz CT molecular complexity index is 1550. The predicted octanol–water partition coefficient (Wildman–Crippen LogP) is 5.56. The number of halogens is 4. The lowest BCUT2D eigenvalue weighted by Crippen LogP contribution is -2.20. The van der Waals surface area contributed by atoms with Crippen LogP contribution in [0, 0.1) is 0 Å². The molecule has 0 N–H and O–H groups in total. The molecular weight excluding hydrogens is 511 g/mol. The maximum atomic E-state index is 13.3. The minimum atomic E-state index is -4.57. The Labute approximate surface area is 213 Å². The summed E-state index contributed by atoms with van der Waals surface area (Å²) in [6.07, 6.45) is -3.26. The summed E-state index contributed by atoms with van der Waals surface area (Å²) < 4.78 is 51.1. The van der Waals surface area contributed by atoms with Gasteiger partial charge in [0.15, 0.2) is 12.4 Å². The Balaban J connectivity index is 1.74. The summed E-state index contributed by atoms with van der Waals surface area (Å²) in [4.78, 5) is 29.2. The zero-order valence-corrected chi connectivity index (χ0v) is 20.1. The Morgan fingerprint density at radius 2 is 1.89 bits per heavy atom. The molecule has 4 rings (SSSR count). The molecule has 4 aromatic rings. The number of aromatic nitrogens is 2. The highest BCUT2D eigenvalue weighted by Crippen LogP contribution is 2.32. The van der Waals surface area contributed by atoms with E-state index in [1.165, 1.54) is 30.5 Å². The molecule has 0 spiro atoms. The molecular formula is C26H19ClF3N3O4. The quantitative estimate of drug-likeness (QED) is 0.231. The van der Waals surface area contributed by atoms with Crippen molar-refractivity contribution in [2.75, 3.05) is 13.2 Å². The molecule has 0 amide bonds. The van der Waals surface area contributed by atoms with E-state index in [0.717, 1.165) is 16.8 Å². The standard InChI is InChI=1S/C26H19ClF3N3O4/c1-2-36-23(34)15-37-22-11-10-16(12-20(22)27)14-31-33-24(17-6-5-7-18(13-17)26(28,29)30)32-21-9-4-3-8-19(21)25(33)35/h3-14H,2,15H2,1H3. The summed E-state index contributed by atoms with van der Waals surface area (Å²) in [6, 6.07) is 15.6. The van der Waals surface area contributed by atoms with E-state index in [0.29, 0.717) is 11.1 Å². The fourth-order valence-corrected chi connectivity index (χ4v) is 3.67. The first-order valence-corrected chi connectivity index (χ1v) is 11.4. The van der Waals surface area contributed by atoms with Crippen LogP contribution in [0.2, 0.25) is 5.02 Å². The zero-order valence-electron chi connectivity index (χ0n) is 19.3. The van der Waals surface area contributed by atoms with Crippen molar-refractivity contribution in [2.45, 2.75) is 13.1 Å². The van der Waals surface area contributed by atoms with Crippen LogP contribution in [0.1, 0.15) is 18.1 Å². The third kappa shape index (κ3) is 5.97. The van der Waals surface area contributed by atoms with Gasteiger partial charge in [0.25, 0.3) is 5.56 Å². The molecule has 37 heavy (non-hydrogen) atoms. The molecule has 0 unspecified atom stereocenters. The van der Waals surface area contributed by atoms with Crippen molar-refractivity contribution in [1.29, 1.82) is 0 Å². The molecule has 1 heterocycles. The molecule has 11 heteroatoms. The molecule has 0 bridgehead atoms. The second-order valence-corrected chi connectivity index (χ2v) is 8.08. The van der Waals surface area contributed by atoms with Gasteiger partial charge in [-0.05, 0) is 55.0 Å². The minimum absolute atomic E-state index is 0.0634. The zero-order chi connectivity index (χ0) is 26.6. The van der Waals surface area contributed by atoms with Gasteiger partial charge < -0.3 is 9.47 Å². The number of carbonyl (C=O) groups is 1. The summed E-state index contributed by atoms with van der Waals surface area (Å²) in [5.74, 6) is -0.373. The Hall–Kier alpha value is -4.18. The number of esters is 1. The third-order valence-corrected chi connectivity index (χ3v) is 5.43. The monoisotopic (exact) mass is 529 g/mol. The smallest absolute Gasteiger partial charge is 0.416 e. The first kappa shape index (κ1) is 25.9. The third-order valence-electron chi connectivity index (χ3n) is 5.13. The summed E-state index contributed by atoms with van der Waals surface area (Å²) in [5, 5.41) is 4.65. The highest BCUT2D eigenvalue weighted by Gasteiger charge is 2.31. The number of hydrogen-bond donors (Lipinski definition) is 0. The molecule has 0 radical (unpaired) electrons. The molecule has 7 nitrogen and oxygen atoms in total. The first-order valence-electron chi connectivity index (χ1n) is 11.0. The van der Waals surface area contributed by atoms with Gasteiger partial charge in [0.1, 0.15) is 5.75 Å². The number of fused-ring (bicyclic) bond motifs is 1. The van der Waals surface area contributed by atoms with E-state index >= 15 is 0 Å². The lowest BCUT2D eigenvalue weighted by Gasteiger charge is -2.12. The first-order chi connectivity index (χ1) is 17.7. The highest BCUT2D eigenvalue weighted by molar-refractivity contribution is 6.32. The molecule has 0 aliphatic heterocycles. The van der Waals surface area contributed by atoms with E-state index in [9.17, 15) is 22.8 Å². The van der Waals surface area contributed by atoms with E-state index in [-0.39, 0.29) is 40.8 Å². The second kappa shape index (κ2) is 10.8. The summed E-state index contributed by atoms with van der Waals surface area (Å²) in [6.45, 7) is 1.57. The Kier molecular flexibility index (Phi) is 7.58. The second-order valence-electron chi connectivity index (χ2n) is 7.68. The van der Waals surface area contributed by atoms with Gasteiger partial charge >= 0.3 is 12.1 Å². The van der Waals surface area contributed by atoms with Crippen molar-refractivity contribution in [2.24, 2.45) is 5.10 Å². The van der Waals surface area contributed by atoms with Crippen molar-refractivity contribution < 1.29 is 27.4 Å². The average Bonchev–Trinajstić information content (AvgIpc) is 2.87. The topological polar surface area (TPSA) is 82.8 Å². The van der Waals surface area contributed by atoms with Gasteiger partial charge in [-0.3, -0.25) is 4.79 Å². The normalized spacial score (nSPS) is 11.7. The number of carbonyl (C=O) groups excluding carboxylic acids is 1. The van der Waals surface area contributed by atoms with Crippen LogP contribution in [0.3, 0.4) is 0 Å². The van der Waals surface area contributed by atoms with E-state index in [1.807, 2.05) is 0 Å². The molecule has 0 saturated heterocycles. The largest absolute Gasteiger partial charge is 0.480 e. The molecule has 0 atom stereocenters. The van der Waals surface area contributed by atoms with Gasteiger partial charge in [0.2, 0.25) is 0 Å². The van der Waals surface area contributed by atoms with Gasteiger partial charge in [-0.25, -0.2) is 9.78 Å². The van der Waals surface area contributed by atoms with E-state index in [2.05, 4.69) is 10.1 Å². The summed E-state index contributed by atoms with van der Waals surface area (Å²) in [7, 11) is 0. The van der Waals surface area contributed by atoms with Crippen LogP contribution in [-0.4, -0.2) is 35.1 Å².